The van der Waals surface area contributed by atoms with Gasteiger partial charge in [0.25, 0.3) is 5.91 Å². The molecule has 1 aromatic heterocycles. The lowest BCUT2D eigenvalue weighted by Crippen LogP contribution is -2.29. The molecular weight excluding hydrogens is 340 g/mol. The van der Waals surface area contributed by atoms with Crippen LogP contribution in [0.15, 0.2) is 28.9 Å². The summed E-state index contributed by atoms with van der Waals surface area (Å²) in [5.41, 5.74) is 1.86. The van der Waals surface area contributed by atoms with Crippen LogP contribution >= 0.6 is 15.9 Å². The highest BCUT2D eigenvalue weighted by atomic mass is 79.9. The van der Waals surface area contributed by atoms with E-state index in [1.165, 1.54) is 38.5 Å². The molecule has 3 nitrogen and oxygen atoms in total. The highest BCUT2D eigenvalue weighted by Gasteiger charge is 2.17. The average Bonchev–Trinajstić information content (AvgIpc) is 2.68. The van der Waals surface area contributed by atoms with Crippen molar-refractivity contribution in [3.8, 4) is 0 Å². The fourth-order valence-electron chi connectivity index (χ4n) is 3.45. The number of aromatic nitrogens is 1. The van der Waals surface area contributed by atoms with E-state index in [2.05, 4.69) is 21.2 Å². The van der Waals surface area contributed by atoms with Gasteiger partial charge in [-0.25, -0.2) is 0 Å². The first-order valence-corrected chi connectivity index (χ1v) is 8.97. The van der Waals surface area contributed by atoms with E-state index in [0.29, 0.717) is 5.92 Å². The van der Waals surface area contributed by atoms with Crippen molar-refractivity contribution in [2.24, 2.45) is 13.0 Å². The minimum atomic E-state index is 0.0490. The van der Waals surface area contributed by atoms with Gasteiger partial charge in [-0.15, -0.1) is 0 Å². The van der Waals surface area contributed by atoms with Crippen molar-refractivity contribution in [2.45, 2.75) is 38.5 Å². The van der Waals surface area contributed by atoms with E-state index in [4.69, 9.17) is 0 Å². The topological polar surface area (TPSA) is 34.0 Å². The van der Waals surface area contributed by atoms with Crippen LogP contribution in [0.25, 0.3) is 10.9 Å². The summed E-state index contributed by atoms with van der Waals surface area (Å²) in [6.45, 7) is 0.809. The molecule has 1 amide bonds. The molecule has 0 atom stereocenters. The smallest absolute Gasteiger partial charge is 0.253 e. The molecule has 4 heteroatoms. The quantitative estimate of drug-likeness (QED) is 0.792. The first kappa shape index (κ1) is 15.6. The lowest BCUT2D eigenvalue weighted by atomic mass is 10.0. The van der Waals surface area contributed by atoms with Crippen molar-refractivity contribution in [2.75, 3.05) is 6.54 Å². The highest BCUT2D eigenvalue weighted by Crippen LogP contribution is 2.25. The summed E-state index contributed by atoms with van der Waals surface area (Å²) in [6, 6.07) is 6.08. The number of carbonyl (C=O) groups is 1. The number of fused-ring (bicyclic) bond motifs is 1. The van der Waals surface area contributed by atoms with Gasteiger partial charge in [0.15, 0.2) is 0 Å². The molecule has 0 radical (unpaired) electrons. The monoisotopic (exact) mass is 362 g/mol. The Morgan fingerprint density at radius 3 is 2.73 bits per heavy atom. The molecule has 0 spiro atoms. The normalized spacial score (nSPS) is 16.6. The fraction of sp³-hybridized carbons (Fsp3) is 0.500. The molecule has 0 unspecified atom stereocenters. The van der Waals surface area contributed by atoms with Crippen LogP contribution < -0.4 is 5.32 Å². The minimum absolute atomic E-state index is 0.0490. The maximum Gasteiger partial charge on any atom is 0.253 e. The van der Waals surface area contributed by atoms with Gasteiger partial charge in [0.05, 0.1) is 5.56 Å². The zero-order valence-electron chi connectivity index (χ0n) is 13.1. The van der Waals surface area contributed by atoms with Crippen molar-refractivity contribution in [3.05, 3.63) is 34.4 Å². The summed E-state index contributed by atoms with van der Waals surface area (Å²) < 4.78 is 3.02. The average molecular weight is 363 g/mol. The maximum absolute atomic E-state index is 12.6. The van der Waals surface area contributed by atoms with Crippen LogP contribution in [0.4, 0.5) is 0 Å². The Balaban J connectivity index is 1.73. The summed E-state index contributed by atoms with van der Waals surface area (Å²) in [5.74, 6) is 0.695. The van der Waals surface area contributed by atoms with Gasteiger partial charge < -0.3 is 9.88 Å². The van der Waals surface area contributed by atoms with Gasteiger partial charge >= 0.3 is 0 Å². The molecule has 118 valence electrons. The van der Waals surface area contributed by atoms with Crippen molar-refractivity contribution in [1.29, 1.82) is 0 Å². The number of aryl methyl sites for hydroxylation is 1. The van der Waals surface area contributed by atoms with Crippen LogP contribution in [0.2, 0.25) is 0 Å². The van der Waals surface area contributed by atoms with E-state index < -0.39 is 0 Å². The van der Waals surface area contributed by atoms with Gasteiger partial charge in [-0.2, -0.15) is 0 Å². The number of rotatable bonds is 3. The van der Waals surface area contributed by atoms with Crippen LogP contribution in [0.3, 0.4) is 0 Å². The molecule has 1 N–H and O–H groups in total. The number of benzene rings is 1. The van der Waals surface area contributed by atoms with Crippen LogP contribution in [0, 0.1) is 5.92 Å². The van der Waals surface area contributed by atoms with Gasteiger partial charge in [0.2, 0.25) is 0 Å². The van der Waals surface area contributed by atoms with Gasteiger partial charge in [0, 0.05) is 35.2 Å². The summed E-state index contributed by atoms with van der Waals surface area (Å²) in [4.78, 5) is 12.6. The number of carbonyl (C=O) groups excluding carboxylic acids is 1. The number of amides is 1. The second-order valence-corrected chi connectivity index (χ2v) is 7.30. The second kappa shape index (κ2) is 6.86. The van der Waals surface area contributed by atoms with Gasteiger partial charge in [-0.05, 0) is 37.0 Å². The Hall–Kier alpha value is -1.29. The van der Waals surface area contributed by atoms with Crippen molar-refractivity contribution < 1.29 is 4.79 Å². The fourth-order valence-corrected chi connectivity index (χ4v) is 3.81. The van der Waals surface area contributed by atoms with Crippen molar-refractivity contribution in [1.82, 2.24) is 9.88 Å². The molecule has 2 aromatic rings. The Morgan fingerprint density at radius 2 is 2.00 bits per heavy atom. The SMILES string of the molecule is Cn1cc(C(=O)NCC2CCCCCC2)c2cc(Br)ccc21. The summed E-state index contributed by atoms with van der Waals surface area (Å²) in [7, 11) is 1.98. The van der Waals surface area contributed by atoms with Crippen LogP contribution in [0.1, 0.15) is 48.9 Å². The van der Waals surface area contributed by atoms with Crippen LogP contribution in [-0.4, -0.2) is 17.0 Å². The van der Waals surface area contributed by atoms with E-state index in [9.17, 15) is 4.79 Å². The molecule has 1 aliphatic rings. The number of halogens is 1. The van der Waals surface area contributed by atoms with E-state index in [1.54, 1.807) is 0 Å². The molecule has 0 bridgehead atoms. The third-order valence-electron chi connectivity index (χ3n) is 4.72. The van der Waals surface area contributed by atoms with Crippen molar-refractivity contribution in [3.63, 3.8) is 0 Å². The number of hydrogen-bond donors (Lipinski definition) is 1. The number of hydrogen-bond acceptors (Lipinski definition) is 1. The molecule has 22 heavy (non-hydrogen) atoms. The molecule has 0 saturated heterocycles. The molecule has 1 heterocycles. The first-order valence-electron chi connectivity index (χ1n) is 8.18. The Bertz CT molecular complexity index is 669. The first-order chi connectivity index (χ1) is 10.6. The molecule has 1 aliphatic carbocycles. The predicted molar refractivity (Wildman–Crippen MR) is 94.1 cm³/mol. The second-order valence-electron chi connectivity index (χ2n) is 6.38. The standard InChI is InChI=1S/C18H23BrN2O/c1-21-12-16(15-10-14(19)8-9-17(15)21)18(22)20-11-13-6-4-2-3-5-7-13/h8-10,12-13H,2-7,11H2,1H3,(H,20,22). The maximum atomic E-state index is 12.6. The summed E-state index contributed by atoms with van der Waals surface area (Å²) in [5, 5.41) is 4.16. The summed E-state index contributed by atoms with van der Waals surface area (Å²) in [6.07, 6.45) is 9.75. The van der Waals surface area contributed by atoms with E-state index >= 15 is 0 Å². The molecule has 1 fully saturated rings. The summed E-state index contributed by atoms with van der Waals surface area (Å²) >= 11 is 3.49. The van der Waals surface area contributed by atoms with E-state index in [0.717, 1.165) is 27.5 Å². The molecule has 1 saturated carbocycles. The van der Waals surface area contributed by atoms with Crippen LogP contribution in [0.5, 0.6) is 0 Å². The molecule has 3 rings (SSSR count). The zero-order valence-corrected chi connectivity index (χ0v) is 14.7. The number of nitrogens with zero attached hydrogens (tertiary/aromatic N) is 1. The molecular formula is C18H23BrN2O. The largest absolute Gasteiger partial charge is 0.352 e. The number of nitrogens with one attached hydrogen (secondary N) is 1. The Labute approximate surface area is 140 Å². The lowest BCUT2D eigenvalue weighted by molar-refractivity contribution is 0.0947. The van der Waals surface area contributed by atoms with Gasteiger partial charge in [-0.1, -0.05) is 41.6 Å². The van der Waals surface area contributed by atoms with Gasteiger partial charge in [-0.3, -0.25) is 4.79 Å². The highest BCUT2D eigenvalue weighted by molar-refractivity contribution is 9.10. The Morgan fingerprint density at radius 1 is 1.27 bits per heavy atom. The minimum Gasteiger partial charge on any atom is -0.352 e. The lowest BCUT2D eigenvalue weighted by Gasteiger charge is -2.14. The Kier molecular flexibility index (Phi) is 4.87. The van der Waals surface area contributed by atoms with Crippen LogP contribution in [-0.2, 0) is 7.05 Å². The van der Waals surface area contributed by atoms with E-state index in [-0.39, 0.29) is 5.91 Å². The third kappa shape index (κ3) is 3.37. The molecule has 1 aromatic carbocycles. The predicted octanol–water partition coefficient (Wildman–Crippen LogP) is 4.64. The molecule has 0 aliphatic heterocycles. The zero-order chi connectivity index (χ0) is 15.5. The van der Waals surface area contributed by atoms with Crippen molar-refractivity contribution >= 4 is 32.7 Å². The van der Waals surface area contributed by atoms with E-state index in [1.807, 2.05) is 36.0 Å². The van der Waals surface area contributed by atoms with Gasteiger partial charge in [0.1, 0.15) is 0 Å². The third-order valence-corrected chi connectivity index (χ3v) is 5.22.